The van der Waals surface area contributed by atoms with E-state index >= 15 is 0 Å². The van der Waals surface area contributed by atoms with Gasteiger partial charge in [-0.25, -0.2) is 9.18 Å². The highest BCUT2D eigenvalue weighted by Crippen LogP contribution is 2.22. The van der Waals surface area contributed by atoms with Gasteiger partial charge in [-0.3, -0.25) is 9.69 Å². The molecule has 6 heteroatoms. The molecule has 1 amide bonds. The van der Waals surface area contributed by atoms with E-state index in [2.05, 4.69) is 4.90 Å². The van der Waals surface area contributed by atoms with Gasteiger partial charge in [0.25, 0.3) is 0 Å². The van der Waals surface area contributed by atoms with Crippen LogP contribution in [0.3, 0.4) is 0 Å². The normalized spacial score (nSPS) is 16.8. The lowest BCUT2D eigenvalue weighted by Crippen LogP contribution is -2.34. The van der Waals surface area contributed by atoms with Crippen molar-refractivity contribution in [2.75, 3.05) is 13.1 Å². The van der Waals surface area contributed by atoms with Crippen LogP contribution < -0.4 is 5.73 Å². The summed E-state index contributed by atoms with van der Waals surface area (Å²) < 4.78 is 13.6. The zero-order valence-corrected chi connectivity index (χ0v) is 11.7. The van der Waals surface area contributed by atoms with Gasteiger partial charge in [0.05, 0.1) is 5.56 Å². The summed E-state index contributed by atoms with van der Waals surface area (Å²) in [6.07, 6.45) is 2.23. The third-order valence-electron chi connectivity index (χ3n) is 3.87. The molecule has 0 aromatic heterocycles. The predicted octanol–water partition coefficient (Wildman–Crippen LogP) is 1.61. The number of benzene rings is 1. The lowest BCUT2D eigenvalue weighted by molar-refractivity contribution is -0.119. The van der Waals surface area contributed by atoms with Crippen molar-refractivity contribution in [1.29, 1.82) is 0 Å². The molecule has 0 unspecified atom stereocenters. The van der Waals surface area contributed by atoms with E-state index in [-0.39, 0.29) is 11.5 Å². The maximum atomic E-state index is 13.6. The molecule has 1 heterocycles. The molecular weight excluding hydrogens is 275 g/mol. The molecule has 0 atom stereocenters. The molecule has 3 N–H and O–H groups in total. The van der Waals surface area contributed by atoms with E-state index < -0.39 is 11.8 Å². The number of nitrogens with two attached hydrogens (primary N) is 1. The Morgan fingerprint density at radius 3 is 2.52 bits per heavy atom. The first-order chi connectivity index (χ1) is 9.95. The molecule has 1 aliphatic heterocycles. The molecule has 0 radical (unpaired) electrons. The second kappa shape index (κ2) is 6.67. The lowest BCUT2D eigenvalue weighted by atomic mass is 9.93. The van der Waals surface area contributed by atoms with Crippen LogP contribution in [0.15, 0.2) is 18.2 Å². The fourth-order valence-electron chi connectivity index (χ4n) is 2.72. The summed E-state index contributed by atoms with van der Waals surface area (Å²) in [5.41, 5.74) is 5.64. The number of amides is 1. The van der Waals surface area contributed by atoms with Crippen LogP contribution in [-0.4, -0.2) is 35.0 Å². The minimum absolute atomic E-state index is 0.264. The van der Waals surface area contributed by atoms with Crippen molar-refractivity contribution in [3.8, 4) is 0 Å². The minimum Gasteiger partial charge on any atom is -0.478 e. The molecule has 114 valence electrons. The van der Waals surface area contributed by atoms with Gasteiger partial charge in [0, 0.05) is 13.0 Å². The second-order valence-corrected chi connectivity index (χ2v) is 5.51. The van der Waals surface area contributed by atoms with Gasteiger partial charge in [-0.1, -0.05) is 6.07 Å². The van der Waals surface area contributed by atoms with Crippen molar-refractivity contribution >= 4 is 11.9 Å². The molecule has 0 saturated carbocycles. The van der Waals surface area contributed by atoms with Crippen molar-refractivity contribution in [2.45, 2.75) is 25.8 Å². The van der Waals surface area contributed by atoms with Crippen LogP contribution in [0, 0.1) is 11.7 Å². The number of hydrogen-bond acceptors (Lipinski definition) is 3. The van der Waals surface area contributed by atoms with Crippen molar-refractivity contribution in [3.63, 3.8) is 0 Å². The number of carboxylic acid groups (broad SMARTS) is 1. The zero-order chi connectivity index (χ0) is 15.4. The maximum absolute atomic E-state index is 13.6. The number of primary amides is 1. The molecule has 1 aromatic carbocycles. The number of piperidine rings is 1. The maximum Gasteiger partial charge on any atom is 0.338 e. The summed E-state index contributed by atoms with van der Waals surface area (Å²) in [6, 6.07) is 4.22. The van der Waals surface area contributed by atoms with Crippen LogP contribution in [0.25, 0.3) is 0 Å². The molecule has 0 aliphatic carbocycles. The smallest absolute Gasteiger partial charge is 0.338 e. The summed E-state index contributed by atoms with van der Waals surface area (Å²) in [6.45, 7) is 2.25. The summed E-state index contributed by atoms with van der Waals surface area (Å²) in [5.74, 6) is -1.89. The lowest BCUT2D eigenvalue weighted by Gasteiger charge is -2.31. The molecular formula is C15H19FN2O3. The van der Waals surface area contributed by atoms with E-state index in [4.69, 9.17) is 10.8 Å². The molecule has 1 aliphatic rings. The Kier molecular flexibility index (Phi) is 4.90. The number of aromatic carboxylic acids is 1. The van der Waals surface area contributed by atoms with Gasteiger partial charge < -0.3 is 10.8 Å². The van der Waals surface area contributed by atoms with Gasteiger partial charge in [-0.15, -0.1) is 0 Å². The van der Waals surface area contributed by atoms with Gasteiger partial charge in [-0.2, -0.15) is 0 Å². The Balaban J connectivity index is 1.90. The summed E-state index contributed by atoms with van der Waals surface area (Å²) in [4.78, 5) is 23.8. The van der Waals surface area contributed by atoms with Crippen molar-refractivity contribution in [2.24, 2.45) is 11.7 Å². The molecule has 0 bridgehead atoms. The van der Waals surface area contributed by atoms with Crippen LogP contribution in [0.4, 0.5) is 4.39 Å². The zero-order valence-electron chi connectivity index (χ0n) is 11.7. The first-order valence-corrected chi connectivity index (χ1v) is 6.98. The molecule has 21 heavy (non-hydrogen) atoms. The first kappa shape index (κ1) is 15.4. The van der Waals surface area contributed by atoms with Gasteiger partial charge >= 0.3 is 5.97 Å². The average molecular weight is 294 g/mol. The Bertz CT molecular complexity index is 540. The van der Waals surface area contributed by atoms with E-state index in [0.29, 0.717) is 18.9 Å². The highest BCUT2D eigenvalue weighted by molar-refractivity contribution is 5.87. The van der Waals surface area contributed by atoms with Crippen molar-refractivity contribution < 1.29 is 19.1 Å². The highest BCUT2D eigenvalue weighted by Gasteiger charge is 2.21. The first-order valence-electron chi connectivity index (χ1n) is 6.98. The largest absolute Gasteiger partial charge is 0.478 e. The van der Waals surface area contributed by atoms with Crippen LogP contribution >= 0.6 is 0 Å². The number of nitrogens with zero attached hydrogens (tertiary/aromatic N) is 1. The monoisotopic (exact) mass is 294 g/mol. The fourth-order valence-corrected chi connectivity index (χ4v) is 2.72. The van der Waals surface area contributed by atoms with Gasteiger partial charge in [-0.05, 0) is 49.5 Å². The van der Waals surface area contributed by atoms with E-state index in [1.165, 1.54) is 12.1 Å². The number of rotatable bonds is 5. The number of likely N-dealkylation sites (tertiary alicyclic amines) is 1. The minimum atomic E-state index is -1.26. The molecule has 2 rings (SSSR count). The standard InChI is InChI=1S/C15H19FN2O3/c16-13-7-11(1-2-12(13)15(20)21)9-18-5-3-10(4-6-18)8-14(17)19/h1-2,7,10H,3-6,8-9H2,(H2,17,19)(H,20,21). The van der Waals surface area contributed by atoms with E-state index in [0.717, 1.165) is 31.5 Å². The van der Waals surface area contributed by atoms with E-state index in [1.54, 1.807) is 6.07 Å². The van der Waals surface area contributed by atoms with Crippen LogP contribution in [0.5, 0.6) is 0 Å². The molecule has 1 fully saturated rings. The Morgan fingerprint density at radius 1 is 1.33 bits per heavy atom. The number of carbonyl (C=O) groups is 2. The van der Waals surface area contributed by atoms with Crippen LogP contribution in [-0.2, 0) is 11.3 Å². The number of hydrogen-bond donors (Lipinski definition) is 2. The number of halogens is 1. The Hall–Kier alpha value is -1.95. The van der Waals surface area contributed by atoms with E-state index in [1.807, 2.05) is 0 Å². The van der Waals surface area contributed by atoms with Gasteiger partial charge in [0.1, 0.15) is 5.82 Å². The molecule has 1 aromatic rings. The molecule has 0 spiro atoms. The predicted molar refractivity (Wildman–Crippen MR) is 75.2 cm³/mol. The van der Waals surface area contributed by atoms with Gasteiger partial charge in [0.2, 0.25) is 5.91 Å². The topological polar surface area (TPSA) is 83.6 Å². The highest BCUT2D eigenvalue weighted by atomic mass is 19.1. The second-order valence-electron chi connectivity index (χ2n) is 5.51. The van der Waals surface area contributed by atoms with E-state index in [9.17, 15) is 14.0 Å². The Morgan fingerprint density at radius 2 is 2.00 bits per heavy atom. The third kappa shape index (κ3) is 4.26. The number of carboxylic acids is 1. The average Bonchev–Trinajstić information content (AvgIpc) is 2.40. The summed E-state index contributed by atoms with van der Waals surface area (Å²) in [5, 5.41) is 8.79. The molecule has 5 nitrogen and oxygen atoms in total. The fraction of sp³-hybridized carbons (Fsp3) is 0.467. The summed E-state index contributed by atoms with van der Waals surface area (Å²) in [7, 11) is 0. The Labute approximate surface area is 122 Å². The van der Waals surface area contributed by atoms with Crippen LogP contribution in [0.2, 0.25) is 0 Å². The number of carbonyl (C=O) groups excluding carboxylic acids is 1. The van der Waals surface area contributed by atoms with Gasteiger partial charge in [0.15, 0.2) is 0 Å². The van der Waals surface area contributed by atoms with Crippen molar-refractivity contribution in [1.82, 2.24) is 4.90 Å². The SMILES string of the molecule is NC(=O)CC1CCN(Cc2ccc(C(=O)O)c(F)c2)CC1. The quantitative estimate of drug-likeness (QED) is 0.864. The molecule has 1 saturated heterocycles. The van der Waals surface area contributed by atoms with Crippen molar-refractivity contribution in [3.05, 3.63) is 35.1 Å². The third-order valence-corrected chi connectivity index (χ3v) is 3.87. The summed E-state index contributed by atoms with van der Waals surface area (Å²) >= 11 is 0. The van der Waals surface area contributed by atoms with Crippen LogP contribution in [0.1, 0.15) is 35.2 Å².